The molecule has 5 heteroatoms. The lowest BCUT2D eigenvalue weighted by Crippen LogP contribution is -2.40. The van der Waals surface area contributed by atoms with E-state index in [1.807, 2.05) is 20.8 Å². The first kappa shape index (κ1) is 13.8. The smallest absolute Gasteiger partial charge is 0.410 e. The summed E-state index contributed by atoms with van der Waals surface area (Å²) in [5, 5.41) is 0. The molecule has 5 nitrogen and oxygen atoms in total. The summed E-state index contributed by atoms with van der Waals surface area (Å²) in [4.78, 5) is 26.4. The minimum absolute atomic E-state index is 0.0287. The van der Waals surface area contributed by atoms with E-state index in [1.54, 1.807) is 16.8 Å². The molecule has 1 aliphatic rings. The van der Waals surface area contributed by atoms with Crippen molar-refractivity contribution in [1.82, 2.24) is 9.80 Å². The van der Waals surface area contributed by atoms with Crippen molar-refractivity contribution in [1.29, 1.82) is 0 Å². The predicted octanol–water partition coefficient (Wildman–Crippen LogP) is 1.47. The maximum atomic E-state index is 11.8. The lowest BCUT2D eigenvalue weighted by Gasteiger charge is -2.26. The van der Waals surface area contributed by atoms with Gasteiger partial charge in [-0.15, -0.1) is 0 Å². The summed E-state index contributed by atoms with van der Waals surface area (Å²) >= 11 is 0. The van der Waals surface area contributed by atoms with E-state index in [9.17, 15) is 9.59 Å². The van der Waals surface area contributed by atoms with Crippen LogP contribution >= 0.6 is 0 Å². The van der Waals surface area contributed by atoms with Crippen molar-refractivity contribution in [3.8, 4) is 0 Å². The lowest BCUT2D eigenvalue weighted by molar-refractivity contribution is -0.129. The molecule has 1 saturated heterocycles. The zero-order chi connectivity index (χ0) is 13.2. The quantitative estimate of drug-likeness (QED) is 0.699. The van der Waals surface area contributed by atoms with Crippen LogP contribution in [-0.4, -0.2) is 53.6 Å². The lowest BCUT2D eigenvalue weighted by atomic mass is 10.2. The van der Waals surface area contributed by atoms with E-state index in [0.717, 1.165) is 6.42 Å². The molecule has 0 radical (unpaired) electrons. The molecule has 2 amide bonds. The first-order valence-electron chi connectivity index (χ1n) is 5.92. The van der Waals surface area contributed by atoms with Crippen molar-refractivity contribution >= 4 is 12.0 Å². The molecule has 0 spiro atoms. The van der Waals surface area contributed by atoms with Crippen molar-refractivity contribution in [3.63, 3.8) is 0 Å². The highest BCUT2D eigenvalue weighted by atomic mass is 16.6. The van der Waals surface area contributed by atoms with Crippen LogP contribution in [0.4, 0.5) is 4.79 Å². The second kappa shape index (κ2) is 4.94. The number of hydrogen-bond acceptors (Lipinski definition) is 3. The topological polar surface area (TPSA) is 49.9 Å². The minimum atomic E-state index is -0.471. The highest BCUT2D eigenvalue weighted by molar-refractivity contribution is 5.74. The molecule has 0 aromatic carbocycles. The van der Waals surface area contributed by atoms with Crippen LogP contribution in [-0.2, 0) is 9.53 Å². The van der Waals surface area contributed by atoms with Crippen LogP contribution in [0.15, 0.2) is 0 Å². The predicted molar refractivity (Wildman–Crippen MR) is 64.7 cm³/mol. The maximum absolute atomic E-state index is 11.8. The molecule has 1 aliphatic heterocycles. The summed E-state index contributed by atoms with van der Waals surface area (Å²) < 4.78 is 5.29. The van der Waals surface area contributed by atoms with Crippen molar-refractivity contribution in [3.05, 3.63) is 0 Å². The number of nitrogens with zero attached hydrogens (tertiary/aromatic N) is 2. The molecule has 1 atom stereocenters. The van der Waals surface area contributed by atoms with Crippen molar-refractivity contribution in [2.45, 2.75) is 45.8 Å². The summed E-state index contributed by atoms with van der Waals surface area (Å²) in [5.74, 6) is 0.0287. The van der Waals surface area contributed by atoms with Crippen molar-refractivity contribution in [2.75, 3.05) is 20.1 Å². The van der Waals surface area contributed by atoms with Gasteiger partial charge in [-0.25, -0.2) is 4.79 Å². The normalized spacial score (nSPS) is 20.3. The number of carbonyl (C=O) groups is 2. The second-order valence-electron chi connectivity index (χ2n) is 5.50. The Labute approximate surface area is 103 Å². The SMILES string of the molecule is CC(=O)N(C)[C@@H]1CCN(C(=O)OC(C)(C)C)C1. The van der Waals surface area contributed by atoms with Crippen LogP contribution in [0.1, 0.15) is 34.1 Å². The first-order chi connectivity index (χ1) is 7.70. The van der Waals surface area contributed by atoms with Crippen LogP contribution in [0, 0.1) is 0 Å². The van der Waals surface area contributed by atoms with Gasteiger partial charge in [0.2, 0.25) is 5.91 Å². The van der Waals surface area contributed by atoms with Gasteiger partial charge >= 0.3 is 6.09 Å². The van der Waals surface area contributed by atoms with Crippen LogP contribution in [0.5, 0.6) is 0 Å². The molecule has 17 heavy (non-hydrogen) atoms. The van der Waals surface area contributed by atoms with Crippen LogP contribution in [0.2, 0.25) is 0 Å². The van der Waals surface area contributed by atoms with E-state index in [1.165, 1.54) is 6.92 Å². The summed E-state index contributed by atoms with van der Waals surface area (Å²) in [6.07, 6.45) is 0.520. The number of ether oxygens (including phenoxy) is 1. The van der Waals surface area contributed by atoms with Crippen molar-refractivity contribution in [2.24, 2.45) is 0 Å². The fourth-order valence-corrected chi connectivity index (χ4v) is 1.81. The molecule has 1 fully saturated rings. The number of rotatable bonds is 1. The molecule has 0 N–H and O–H groups in total. The van der Waals surface area contributed by atoms with Crippen LogP contribution in [0.25, 0.3) is 0 Å². The average molecular weight is 242 g/mol. The summed E-state index contributed by atoms with van der Waals surface area (Å²) in [5.41, 5.74) is -0.471. The van der Waals surface area contributed by atoms with Gasteiger partial charge in [0.15, 0.2) is 0 Å². The Morgan fingerprint density at radius 1 is 1.35 bits per heavy atom. The Kier molecular flexibility index (Phi) is 4.01. The number of hydrogen-bond donors (Lipinski definition) is 0. The molecule has 0 aromatic rings. The van der Waals surface area contributed by atoms with Gasteiger partial charge in [0.1, 0.15) is 5.60 Å². The van der Waals surface area contributed by atoms with Crippen LogP contribution < -0.4 is 0 Å². The Balaban J connectivity index is 2.50. The number of amides is 2. The number of likely N-dealkylation sites (tertiary alicyclic amines) is 1. The summed E-state index contributed by atoms with van der Waals surface area (Å²) in [7, 11) is 1.77. The van der Waals surface area contributed by atoms with Crippen molar-refractivity contribution < 1.29 is 14.3 Å². The molecule has 0 saturated carbocycles. The van der Waals surface area contributed by atoms with Gasteiger partial charge in [0.05, 0.1) is 6.04 Å². The van der Waals surface area contributed by atoms with Gasteiger partial charge in [-0.2, -0.15) is 0 Å². The largest absolute Gasteiger partial charge is 0.444 e. The summed E-state index contributed by atoms with van der Waals surface area (Å²) in [6.45, 7) is 8.29. The van der Waals surface area contributed by atoms with Gasteiger partial charge < -0.3 is 14.5 Å². The second-order valence-corrected chi connectivity index (χ2v) is 5.50. The minimum Gasteiger partial charge on any atom is -0.444 e. The third-order valence-electron chi connectivity index (χ3n) is 2.86. The maximum Gasteiger partial charge on any atom is 0.410 e. The summed E-state index contributed by atoms with van der Waals surface area (Å²) in [6, 6.07) is 0.111. The van der Waals surface area contributed by atoms with E-state index in [2.05, 4.69) is 0 Å². The first-order valence-corrected chi connectivity index (χ1v) is 5.92. The average Bonchev–Trinajstić information content (AvgIpc) is 2.62. The van der Waals surface area contributed by atoms with Gasteiger partial charge in [-0.1, -0.05) is 0 Å². The third-order valence-corrected chi connectivity index (χ3v) is 2.86. The Morgan fingerprint density at radius 3 is 2.41 bits per heavy atom. The Bertz CT molecular complexity index is 309. The molecule has 0 unspecified atom stereocenters. The molecule has 1 rings (SSSR count). The zero-order valence-corrected chi connectivity index (χ0v) is 11.3. The number of likely N-dealkylation sites (N-methyl/N-ethyl adjacent to an activating group) is 1. The molecule has 0 bridgehead atoms. The highest BCUT2D eigenvalue weighted by Gasteiger charge is 2.32. The number of carbonyl (C=O) groups excluding carboxylic acids is 2. The molecule has 0 aliphatic carbocycles. The standard InChI is InChI=1S/C12H22N2O3/c1-9(15)13(5)10-6-7-14(8-10)11(16)17-12(2,3)4/h10H,6-8H2,1-5H3/t10-/m1/s1. The fourth-order valence-electron chi connectivity index (χ4n) is 1.81. The fraction of sp³-hybridized carbons (Fsp3) is 0.833. The van der Waals surface area contributed by atoms with E-state index < -0.39 is 5.60 Å². The molecule has 0 aromatic heterocycles. The van der Waals surface area contributed by atoms with Crippen LogP contribution in [0.3, 0.4) is 0 Å². The Hall–Kier alpha value is -1.26. The van der Waals surface area contributed by atoms with Gasteiger partial charge in [-0.05, 0) is 27.2 Å². The van der Waals surface area contributed by atoms with E-state index >= 15 is 0 Å². The van der Waals surface area contributed by atoms with E-state index in [0.29, 0.717) is 13.1 Å². The third kappa shape index (κ3) is 3.91. The zero-order valence-electron chi connectivity index (χ0n) is 11.3. The van der Waals surface area contributed by atoms with E-state index in [4.69, 9.17) is 4.74 Å². The molecular formula is C12H22N2O3. The van der Waals surface area contributed by atoms with E-state index in [-0.39, 0.29) is 18.0 Å². The van der Waals surface area contributed by atoms with Gasteiger partial charge in [0.25, 0.3) is 0 Å². The molecule has 1 heterocycles. The Morgan fingerprint density at radius 2 is 1.94 bits per heavy atom. The van der Waals surface area contributed by atoms with Gasteiger partial charge in [-0.3, -0.25) is 4.79 Å². The highest BCUT2D eigenvalue weighted by Crippen LogP contribution is 2.18. The van der Waals surface area contributed by atoms with Gasteiger partial charge in [0, 0.05) is 27.1 Å². The monoisotopic (exact) mass is 242 g/mol. The molecular weight excluding hydrogens is 220 g/mol. The molecule has 98 valence electrons.